The number of aryl methyl sites for hydroxylation is 2. The Kier molecular flexibility index (Phi) is 7.71. The Morgan fingerprint density at radius 2 is 2.00 bits per heavy atom. The van der Waals surface area contributed by atoms with E-state index in [4.69, 9.17) is 4.74 Å². The quantitative estimate of drug-likeness (QED) is 0.431. The zero-order chi connectivity index (χ0) is 24.8. The van der Waals surface area contributed by atoms with E-state index in [1.807, 2.05) is 0 Å². The maximum absolute atomic E-state index is 14.1. The van der Waals surface area contributed by atoms with E-state index in [1.54, 1.807) is 55.2 Å². The third-order valence-corrected chi connectivity index (χ3v) is 5.79. The SMILES string of the molecule is Cc1cc(Nc2cccc(C(=O)N[C@@H](COC3CCCC3)C(=O)Nc3cnn(C)c3)c2)c(F)cn1. The molecule has 1 aromatic carbocycles. The van der Waals surface area contributed by atoms with Gasteiger partial charge in [0.2, 0.25) is 5.91 Å². The summed E-state index contributed by atoms with van der Waals surface area (Å²) < 4.78 is 21.6. The zero-order valence-corrected chi connectivity index (χ0v) is 19.8. The third kappa shape index (κ3) is 6.63. The normalized spacial score (nSPS) is 14.5. The van der Waals surface area contributed by atoms with Crippen LogP contribution >= 0.6 is 0 Å². The molecule has 0 unspecified atom stereocenters. The lowest BCUT2D eigenvalue weighted by atomic mass is 10.1. The summed E-state index contributed by atoms with van der Waals surface area (Å²) in [5, 5.41) is 12.6. The molecule has 9 nitrogen and oxygen atoms in total. The molecule has 35 heavy (non-hydrogen) atoms. The number of nitrogens with one attached hydrogen (secondary N) is 3. The van der Waals surface area contributed by atoms with Crippen LogP contribution < -0.4 is 16.0 Å². The van der Waals surface area contributed by atoms with Gasteiger partial charge in [0.1, 0.15) is 6.04 Å². The summed E-state index contributed by atoms with van der Waals surface area (Å²) in [6.45, 7) is 1.82. The largest absolute Gasteiger partial charge is 0.376 e. The Morgan fingerprint density at radius 3 is 2.74 bits per heavy atom. The van der Waals surface area contributed by atoms with Crippen molar-refractivity contribution >= 4 is 28.9 Å². The van der Waals surface area contributed by atoms with E-state index in [0.717, 1.165) is 31.9 Å². The van der Waals surface area contributed by atoms with E-state index in [9.17, 15) is 14.0 Å². The molecule has 0 radical (unpaired) electrons. The number of nitrogens with zero attached hydrogens (tertiary/aromatic N) is 3. The van der Waals surface area contributed by atoms with Gasteiger partial charge in [-0.25, -0.2) is 4.39 Å². The van der Waals surface area contributed by atoms with E-state index in [1.165, 1.54) is 6.20 Å². The predicted octanol–water partition coefficient (Wildman–Crippen LogP) is 3.70. The molecule has 1 atom stereocenters. The third-order valence-electron chi connectivity index (χ3n) is 5.79. The molecule has 4 rings (SSSR count). The molecule has 0 saturated heterocycles. The Bertz CT molecular complexity index is 1190. The minimum atomic E-state index is -0.903. The summed E-state index contributed by atoms with van der Waals surface area (Å²) in [5.74, 6) is -1.34. The molecular formula is C25H29FN6O3. The lowest BCUT2D eigenvalue weighted by molar-refractivity contribution is -0.120. The number of hydrogen-bond donors (Lipinski definition) is 3. The summed E-state index contributed by atoms with van der Waals surface area (Å²) in [6, 6.07) is 7.31. The number of pyridine rings is 1. The van der Waals surface area contributed by atoms with Gasteiger partial charge in [-0.2, -0.15) is 5.10 Å². The van der Waals surface area contributed by atoms with E-state index in [0.29, 0.717) is 22.6 Å². The van der Waals surface area contributed by atoms with Gasteiger partial charge in [0.25, 0.3) is 5.91 Å². The molecule has 0 aliphatic heterocycles. The topological polar surface area (TPSA) is 110 Å². The number of hydrogen-bond acceptors (Lipinski definition) is 6. The van der Waals surface area contributed by atoms with Crippen LogP contribution in [-0.2, 0) is 16.6 Å². The van der Waals surface area contributed by atoms with Crippen molar-refractivity contribution in [1.29, 1.82) is 0 Å². The second kappa shape index (κ2) is 11.1. The summed E-state index contributed by atoms with van der Waals surface area (Å²) >= 11 is 0. The van der Waals surface area contributed by atoms with Crippen LogP contribution in [0.4, 0.5) is 21.5 Å². The van der Waals surface area contributed by atoms with Crippen LogP contribution in [-0.4, -0.2) is 45.3 Å². The maximum Gasteiger partial charge on any atom is 0.252 e. The van der Waals surface area contributed by atoms with Crippen molar-refractivity contribution in [2.24, 2.45) is 7.05 Å². The molecule has 3 N–H and O–H groups in total. The van der Waals surface area contributed by atoms with E-state index < -0.39 is 23.7 Å². The van der Waals surface area contributed by atoms with Gasteiger partial charge in [0, 0.05) is 30.2 Å². The van der Waals surface area contributed by atoms with E-state index in [-0.39, 0.29) is 18.4 Å². The number of amides is 2. The van der Waals surface area contributed by atoms with Crippen LogP contribution in [0.3, 0.4) is 0 Å². The van der Waals surface area contributed by atoms with Crippen molar-refractivity contribution in [3.8, 4) is 0 Å². The minimum Gasteiger partial charge on any atom is -0.376 e. The lowest BCUT2D eigenvalue weighted by Gasteiger charge is -2.20. The van der Waals surface area contributed by atoms with Gasteiger partial charge in [-0.1, -0.05) is 18.9 Å². The van der Waals surface area contributed by atoms with Crippen LogP contribution in [0, 0.1) is 12.7 Å². The van der Waals surface area contributed by atoms with Crippen molar-refractivity contribution in [1.82, 2.24) is 20.1 Å². The molecule has 2 heterocycles. The fourth-order valence-corrected chi connectivity index (χ4v) is 3.96. The molecule has 1 fully saturated rings. The van der Waals surface area contributed by atoms with E-state index in [2.05, 4.69) is 26.0 Å². The minimum absolute atomic E-state index is 0.0575. The molecule has 10 heteroatoms. The molecule has 1 saturated carbocycles. The highest BCUT2D eigenvalue weighted by Gasteiger charge is 2.25. The zero-order valence-electron chi connectivity index (χ0n) is 19.8. The number of benzene rings is 1. The molecule has 2 aromatic heterocycles. The number of aromatic nitrogens is 3. The van der Waals surface area contributed by atoms with Crippen molar-refractivity contribution in [3.05, 3.63) is 66.0 Å². The Morgan fingerprint density at radius 1 is 1.20 bits per heavy atom. The highest BCUT2D eigenvalue weighted by Crippen LogP contribution is 2.22. The maximum atomic E-state index is 14.1. The first kappa shape index (κ1) is 24.3. The van der Waals surface area contributed by atoms with Crippen molar-refractivity contribution in [2.75, 3.05) is 17.2 Å². The standard InChI is InChI=1S/C25H29FN6O3/c1-16-10-22(21(26)13-27-16)29-18-7-5-6-17(11-18)24(33)31-23(15-35-20-8-3-4-9-20)25(34)30-19-12-28-32(2)14-19/h5-7,10-14,20,23H,3-4,8-9,15H2,1-2H3,(H,27,29)(H,30,34)(H,31,33)/t23-/m0/s1. The Balaban J connectivity index is 1.46. The number of anilines is 3. The molecule has 184 valence electrons. The van der Waals surface area contributed by atoms with Gasteiger partial charge in [-0.3, -0.25) is 19.3 Å². The molecule has 2 amide bonds. The number of halogens is 1. The van der Waals surface area contributed by atoms with Gasteiger partial charge < -0.3 is 20.7 Å². The summed E-state index contributed by atoms with van der Waals surface area (Å²) in [6.07, 6.45) is 8.53. The van der Waals surface area contributed by atoms with Gasteiger partial charge >= 0.3 is 0 Å². The first-order valence-corrected chi connectivity index (χ1v) is 11.6. The van der Waals surface area contributed by atoms with E-state index >= 15 is 0 Å². The van der Waals surface area contributed by atoms with Crippen LogP contribution in [0.25, 0.3) is 0 Å². The highest BCUT2D eigenvalue weighted by atomic mass is 19.1. The average molecular weight is 481 g/mol. The van der Waals surface area contributed by atoms with Crippen LogP contribution in [0.1, 0.15) is 41.7 Å². The van der Waals surface area contributed by atoms with Crippen LogP contribution in [0.15, 0.2) is 48.9 Å². The number of ether oxygens (including phenoxy) is 1. The molecular weight excluding hydrogens is 451 g/mol. The molecule has 3 aromatic rings. The monoisotopic (exact) mass is 480 g/mol. The fraction of sp³-hybridized carbons (Fsp3) is 0.360. The summed E-state index contributed by atoms with van der Waals surface area (Å²) in [4.78, 5) is 30.0. The Labute approximate surface area is 203 Å². The van der Waals surface area contributed by atoms with Gasteiger partial charge in [-0.05, 0) is 44.0 Å². The number of carbonyl (C=O) groups is 2. The second-order valence-electron chi connectivity index (χ2n) is 8.67. The Hall–Kier alpha value is -3.79. The van der Waals surface area contributed by atoms with Gasteiger partial charge in [0.15, 0.2) is 5.82 Å². The van der Waals surface area contributed by atoms with Crippen molar-refractivity contribution in [3.63, 3.8) is 0 Å². The molecule has 0 bridgehead atoms. The van der Waals surface area contributed by atoms with Crippen molar-refractivity contribution < 1.29 is 18.7 Å². The van der Waals surface area contributed by atoms with Crippen LogP contribution in [0.5, 0.6) is 0 Å². The fourth-order valence-electron chi connectivity index (χ4n) is 3.96. The second-order valence-corrected chi connectivity index (χ2v) is 8.67. The first-order valence-electron chi connectivity index (χ1n) is 11.6. The first-order chi connectivity index (χ1) is 16.9. The van der Waals surface area contributed by atoms with Gasteiger partial charge in [0.05, 0.1) is 36.5 Å². The highest BCUT2D eigenvalue weighted by molar-refractivity contribution is 6.01. The molecule has 1 aliphatic rings. The summed E-state index contributed by atoms with van der Waals surface area (Å²) in [7, 11) is 1.75. The van der Waals surface area contributed by atoms with Gasteiger partial charge in [-0.15, -0.1) is 0 Å². The molecule has 0 spiro atoms. The summed E-state index contributed by atoms with van der Waals surface area (Å²) in [5.41, 5.74) is 2.29. The number of rotatable bonds is 9. The van der Waals surface area contributed by atoms with Crippen LogP contribution in [0.2, 0.25) is 0 Å². The number of carbonyl (C=O) groups excluding carboxylic acids is 2. The lowest BCUT2D eigenvalue weighted by Crippen LogP contribution is -2.47. The van der Waals surface area contributed by atoms with Crippen molar-refractivity contribution in [2.45, 2.75) is 44.8 Å². The predicted molar refractivity (Wildman–Crippen MR) is 130 cm³/mol. The molecule has 1 aliphatic carbocycles. The average Bonchev–Trinajstić information content (AvgIpc) is 3.50. The smallest absolute Gasteiger partial charge is 0.252 e.